The number of fused-ring (bicyclic) bond motifs is 1. The molecule has 4 aromatic rings. The van der Waals surface area contributed by atoms with Crippen LogP contribution in [-0.2, 0) is 6.42 Å². The predicted molar refractivity (Wildman–Crippen MR) is 140 cm³/mol. The average Bonchev–Trinajstić information content (AvgIpc) is 3.42. The quantitative estimate of drug-likeness (QED) is 0.284. The number of imidazole rings is 1. The monoisotopic (exact) mass is 470 g/mol. The van der Waals surface area contributed by atoms with Crippen molar-refractivity contribution >= 4 is 22.6 Å². The second-order valence-corrected chi connectivity index (χ2v) is 9.71. The molecule has 0 radical (unpaired) electrons. The topological polar surface area (TPSA) is 118 Å². The van der Waals surface area contributed by atoms with Gasteiger partial charge in [-0.15, -0.1) is 0 Å². The number of amidine groups is 1. The number of H-pyrrole nitrogens is 2. The number of nitrogens with zero attached hydrogens (tertiary/aromatic N) is 2. The van der Waals surface area contributed by atoms with Crippen LogP contribution in [0.4, 0.5) is 5.69 Å². The van der Waals surface area contributed by atoms with Crippen LogP contribution in [0.1, 0.15) is 30.5 Å². The molecule has 5 N–H and O–H groups in total. The molecule has 35 heavy (non-hydrogen) atoms. The van der Waals surface area contributed by atoms with E-state index < -0.39 is 0 Å². The molecule has 0 fully saturated rings. The van der Waals surface area contributed by atoms with Crippen LogP contribution >= 0.6 is 0 Å². The molecule has 1 aliphatic rings. The molecule has 1 unspecified atom stereocenters. The van der Waals surface area contributed by atoms with E-state index in [1.807, 2.05) is 43.3 Å². The minimum Gasteiger partial charge on any atom is -0.394 e. The van der Waals surface area contributed by atoms with Gasteiger partial charge in [0.2, 0.25) is 0 Å². The Morgan fingerprint density at radius 1 is 1.17 bits per heavy atom. The number of rotatable bonds is 7. The number of aromatic nitrogens is 3. The Bertz CT molecular complexity index is 1450. The second-order valence-electron chi connectivity index (χ2n) is 9.71. The van der Waals surface area contributed by atoms with Gasteiger partial charge in [0.15, 0.2) is 0 Å². The smallest absolute Gasteiger partial charge is 0.261 e. The summed E-state index contributed by atoms with van der Waals surface area (Å²) < 4.78 is 0. The highest BCUT2D eigenvalue weighted by molar-refractivity contribution is 6.03. The first-order valence-electron chi connectivity index (χ1n) is 11.8. The van der Waals surface area contributed by atoms with Crippen LogP contribution in [0, 0.1) is 6.92 Å². The van der Waals surface area contributed by atoms with Crippen molar-refractivity contribution in [1.82, 2.24) is 20.3 Å². The van der Waals surface area contributed by atoms with Gasteiger partial charge in [-0.2, -0.15) is 0 Å². The Labute approximate surface area is 203 Å². The number of benzene rings is 2. The number of hydrogen-bond donors (Lipinski definition) is 5. The summed E-state index contributed by atoms with van der Waals surface area (Å²) in [6.07, 6.45) is 2.22. The van der Waals surface area contributed by atoms with Crippen molar-refractivity contribution in [1.29, 1.82) is 0 Å². The number of aliphatic hydroxyl groups excluding tert-OH is 1. The first-order chi connectivity index (χ1) is 16.8. The Hall–Kier alpha value is -3.91. The molecule has 0 amide bonds. The summed E-state index contributed by atoms with van der Waals surface area (Å²) in [5.41, 5.74) is 5.35. The minimum atomic E-state index is -0.259. The van der Waals surface area contributed by atoms with Crippen molar-refractivity contribution in [2.75, 3.05) is 18.5 Å². The Balaban J connectivity index is 1.51. The largest absolute Gasteiger partial charge is 0.394 e. The molecule has 8 heteroatoms. The van der Waals surface area contributed by atoms with E-state index in [9.17, 15) is 9.90 Å². The van der Waals surface area contributed by atoms with Crippen molar-refractivity contribution in [3.05, 3.63) is 81.8 Å². The zero-order chi connectivity index (χ0) is 24.6. The first-order valence-corrected chi connectivity index (χ1v) is 11.8. The van der Waals surface area contributed by atoms with Gasteiger partial charge in [-0.1, -0.05) is 30.3 Å². The third-order valence-electron chi connectivity index (χ3n) is 6.26. The third-order valence-corrected chi connectivity index (χ3v) is 6.26. The molecule has 3 heterocycles. The molecule has 180 valence electrons. The highest BCUT2D eigenvalue weighted by Crippen LogP contribution is 2.28. The molecule has 0 saturated heterocycles. The highest BCUT2D eigenvalue weighted by Gasteiger charge is 2.25. The normalized spacial score (nSPS) is 15.6. The van der Waals surface area contributed by atoms with Crippen LogP contribution in [0.3, 0.4) is 0 Å². The Morgan fingerprint density at radius 2 is 1.97 bits per heavy atom. The predicted octanol–water partition coefficient (Wildman–Crippen LogP) is 3.37. The van der Waals surface area contributed by atoms with E-state index in [4.69, 9.17) is 9.98 Å². The number of aromatic amines is 2. The number of nitrogens with one attached hydrogen (secondary N) is 4. The lowest BCUT2D eigenvalue weighted by Gasteiger charge is -2.19. The van der Waals surface area contributed by atoms with Crippen LogP contribution in [-0.4, -0.2) is 50.6 Å². The van der Waals surface area contributed by atoms with Crippen LogP contribution in [0.25, 0.3) is 22.4 Å². The molecule has 2 aromatic heterocycles. The Kier molecular flexibility index (Phi) is 5.90. The molecular formula is C27H30N6O2. The second kappa shape index (κ2) is 9.03. The van der Waals surface area contributed by atoms with E-state index in [1.165, 1.54) is 0 Å². The average molecular weight is 471 g/mol. The van der Waals surface area contributed by atoms with Crippen LogP contribution in [0.15, 0.2) is 64.5 Å². The summed E-state index contributed by atoms with van der Waals surface area (Å²) in [5, 5.41) is 16.7. The van der Waals surface area contributed by atoms with Crippen LogP contribution in [0.2, 0.25) is 0 Å². The summed E-state index contributed by atoms with van der Waals surface area (Å²) in [6, 6.07) is 15.6. The number of aliphatic imine (C=N–C) groups is 1. The van der Waals surface area contributed by atoms with Crippen LogP contribution in [0.5, 0.6) is 0 Å². The van der Waals surface area contributed by atoms with Gasteiger partial charge in [0, 0.05) is 18.3 Å². The molecule has 5 rings (SSSR count). The van der Waals surface area contributed by atoms with E-state index in [2.05, 4.69) is 40.5 Å². The fourth-order valence-electron chi connectivity index (χ4n) is 4.51. The van der Waals surface area contributed by atoms with Gasteiger partial charge in [0.1, 0.15) is 17.2 Å². The van der Waals surface area contributed by atoms with Crippen molar-refractivity contribution in [2.24, 2.45) is 4.99 Å². The summed E-state index contributed by atoms with van der Waals surface area (Å²) >= 11 is 0. The van der Waals surface area contributed by atoms with Gasteiger partial charge in [-0.25, -0.2) is 4.98 Å². The van der Waals surface area contributed by atoms with E-state index in [0.717, 1.165) is 40.1 Å². The highest BCUT2D eigenvalue weighted by atomic mass is 16.3. The van der Waals surface area contributed by atoms with Crippen molar-refractivity contribution in [3.8, 4) is 11.4 Å². The maximum Gasteiger partial charge on any atom is 0.261 e. The van der Waals surface area contributed by atoms with Gasteiger partial charge in [0.25, 0.3) is 5.56 Å². The molecule has 2 aromatic carbocycles. The van der Waals surface area contributed by atoms with E-state index in [1.54, 1.807) is 12.3 Å². The zero-order valence-corrected chi connectivity index (χ0v) is 20.1. The summed E-state index contributed by atoms with van der Waals surface area (Å²) in [7, 11) is 0. The number of pyridine rings is 1. The lowest BCUT2D eigenvalue weighted by molar-refractivity contribution is 0.274. The van der Waals surface area contributed by atoms with Crippen LogP contribution < -0.4 is 16.2 Å². The molecule has 0 aliphatic carbocycles. The molecule has 1 aliphatic heterocycles. The Morgan fingerprint density at radius 3 is 2.69 bits per heavy atom. The molecular weight excluding hydrogens is 440 g/mol. The maximum atomic E-state index is 12.9. The number of hydrogen-bond acceptors (Lipinski definition) is 6. The maximum absolute atomic E-state index is 12.9. The van der Waals surface area contributed by atoms with Gasteiger partial charge in [0.05, 0.1) is 34.9 Å². The number of aliphatic hydroxyl groups is 1. The third kappa shape index (κ3) is 4.70. The molecule has 0 bridgehead atoms. The van der Waals surface area contributed by atoms with Gasteiger partial charge >= 0.3 is 0 Å². The van der Waals surface area contributed by atoms with E-state index >= 15 is 0 Å². The van der Waals surface area contributed by atoms with Gasteiger partial charge < -0.3 is 25.7 Å². The number of anilines is 1. The summed E-state index contributed by atoms with van der Waals surface area (Å²) in [4.78, 5) is 28.6. The van der Waals surface area contributed by atoms with Crippen molar-refractivity contribution in [3.63, 3.8) is 0 Å². The van der Waals surface area contributed by atoms with E-state index in [-0.39, 0.29) is 23.7 Å². The molecule has 0 spiro atoms. The summed E-state index contributed by atoms with van der Waals surface area (Å²) in [6.45, 7) is 6.92. The first kappa shape index (κ1) is 22.9. The van der Waals surface area contributed by atoms with Gasteiger partial charge in [-0.3, -0.25) is 9.79 Å². The minimum absolute atomic E-state index is 0.0742. The standard InChI is InChI=1S/C27H30N6O2/c1-16-11-18(24-29-15-27(2,3)33-24)13-21-23(16)32-25(31-21)22-20(9-10-28-26(22)35)30-19(14-34)12-17-7-5-4-6-8-17/h4-11,13,19,34H,12,14-15H2,1-3H3,(H,29,33)(H,31,32)(H2,28,30,35). The number of aryl methyl sites for hydroxylation is 1. The SMILES string of the molecule is Cc1cc(C2=NC(C)(C)CN2)cc2[nH]c(-c3c(NC(CO)Cc4ccccc4)cc[nH]c3=O)nc12. The molecule has 1 atom stereocenters. The lowest BCUT2D eigenvalue weighted by atomic mass is 10.1. The lowest BCUT2D eigenvalue weighted by Crippen LogP contribution is -2.28. The molecule has 8 nitrogen and oxygen atoms in total. The summed E-state index contributed by atoms with van der Waals surface area (Å²) in [5.74, 6) is 1.34. The molecule has 0 saturated carbocycles. The fraction of sp³-hybridized carbons (Fsp3) is 0.296. The van der Waals surface area contributed by atoms with Crippen molar-refractivity contribution in [2.45, 2.75) is 38.8 Å². The van der Waals surface area contributed by atoms with Crippen molar-refractivity contribution < 1.29 is 5.11 Å². The zero-order valence-electron chi connectivity index (χ0n) is 20.1. The fourth-order valence-corrected chi connectivity index (χ4v) is 4.51. The van der Waals surface area contributed by atoms with Gasteiger partial charge in [-0.05, 0) is 56.5 Å². The van der Waals surface area contributed by atoms with E-state index in [0.29, 0.717) is 23.5 Å².